The van der Waals surface area contributed by atoms with Crippen molar-refractivity contribution in [3.05, 3.63) is 65.4 Å². The van der Waals surface area contributed by atoms with Crippen LogP contribution >= 0.6 is 0 Å². The molecule has 1 N–H and O–H groups in total. The molecule has 0 spiro atoms. The average molecular weight is 322 g/mol. The lowest BCUT2D eigenvalue weighted by Crippen LogP contribution is -2.13. The molecule has 0 fully saturated rings. The summed E-state index contributed by atoms with van der Waals surface area (Å²) in [6.45, 7) is 3.76. The Morgan fingerprint density at radius 2 is 1.88 bits per heavy atom. The molecule has 0 radical (unpaired) electrons. The zero-order valence-corrected chi connectivity index (χ0v) is 13.8. The van der Waals surface area contributed by atoms with Crippen molar-refractivity contribution in [1.29, 1.82) is 0 Å². The molecule has 122 valence electrons. The van der Waals surface area contributed by atoms with E-state index in [1.165, 1.54) is 0 Å². The molecule has 5 heteroatoms. The largest absolute Gasteiger partial charge is 0.497 e. The predicted molar refractivity (Wildman–Crippen MR) is 92.4 cm³/mol. The third-order valence-electron chi connectivity index (χ3n) is 3.73. The monoisotopic (exact) mass is 322 g/mol. The van der Waals surface area contributed by atoms with Crippen molar-refractivity contribution in [2.24, 2.45) is 0 Å². The summed E-state index contributed by atoms with van der Waals surface area (Å²) < 4.78 is 10.6. The van der Waals surface area contributed by atoms with Crippen LogP contribution in [0.2, 0.25) is 0 Å². The molecule has 0 aliphatic rings. The molecular formula is C19H18N2O3. The first-order valence-corrected chi connectivity index (χ1v) is 7.57. The number of nitrogens with zero attached hydrogens (tertiary/aromatic N) is 1. The Kier molecular flexibility index (Phi) is 4.33. The predicted octanol–water partition coefficient (Wildman–Crippen LogP) is 4.22. The summed E-state index contributed by atoms with van der Waals surface area (Å²) in [6, 6.07) is 15.0. The lowest BCUT2D eigenvalue weighted by molar-refractivity contribution is 0.102. The van der Waals surface area contributed by atoms with Crippen molar-refractivity contribution >= 4 is 11.6 Å². The molecule has 3 aromatic rings. The Labute approximate surface area is 140 Å². The van der Waals surface area contributed by atoms with Crippen LogP contribution in [0.25, 0.3) is 11.3 Å². The first-order chi connectivity index (χ1) is 11.6. The van der Waals surface area contributed by atoms with Gasteiger partial charge in [-0.05, 0) is 26.0 Å². The summed E-state index contributed by atoms with van der Waals surface area (Å²) in [5.41, 5.74) is 3.58. The van der Waals surface area contributed by atoms with Gasteiger partial charge in [0, 0.05) is 17.3 Å². The Morgan fingerprint density at radius 1 is 1.12 bits per heavy atom. The van der Waals surface area contributed by atoms with Gasteiger partial charge in [0.25, 0.3) is 5.91 Å². The number of methoxy groups -OCH3 is 1. The summed E-state index contributed by atoms with van der Waals surface area (Å²) in [5.74, 6) is 0.874. The second-order valence-corrected chi connectivity index (χ2v) is 5.52. The number of rotatable bonds is 4. The summed E-state index contributed by atoms with van der Waals surface area (Å²) >= 11 is 0. The van der Waals surface area contributed by atoms with E-state index in [9.17, 15) is 4.79 Å². The van der Waals surface area contributed by atoms with Crippen molar-refractivity contribution in [2.45, 2.75) is 13.8 Å². The van der Waals surface area contributed by atoms with Crippen molar-refractivity contribution in [2.75, 3.05) is 12.4 Å². The van der Waals surface area contributed by atoms with E-state index in [-0.39, 0.29) is 5.91 Å². The van der Waals surface area contributed by atoms with E-state index in [4.69, 9.17) is 9.26 Å². The van der Waals surface area contributed by atoms with Crippen LogP contribution < -0.4 is 10.1 Å². The minimum absolute atomic E-state index is 0.266. The van der Waals surface area contributed by atoms with Gasteiger partial charge in [0.05, 0.1) is 12.8 Å². The summed E-state index contributed by atoms with van der Waals surface area (Å²) in [7, 11) is 1.58. The smallest absolute Gasteiger partial charge is 0.261 e. The average Bonchev–Trinajstić information content (AvgIpc) is 2.97. The van der Waals surface area contributed by atoms with E-state index >= 15 is 0 Å². The van der Waals surface area contributed by atoms with Crippen LogP contribution in [0.1, 0.15) is 21.6 Å². The summed E-state index contributed by atoms with van der Waals surface area (Å²) in [5, 5.41) is 6.81. The Hall–Kier alpha value is -3.08. The number of amides is 1. The van der Waals surface area contributed by atoms with Crippen LogP contribution in [0.4, 0.5) is 5.69 Å². The van der Waals surface area contributed by atoms with E-state index in [0.717, 1.165) is 11.1 Å². The lowest BCUT2D eigenvalue weighted by atomic mass is 10.0. The topological polar surface area (TPSA) is 64.4 Å². The molecule has 1 heterocycles. The van der Waals surface area contributed by atoms with Gasteiger partial charge in [-0.25, -0.2) is 0 Å². The van der Waals surface area contributed by atoms with E-state index in [1.54, 1.807) is 26.2 Å². The fourth-order valence-electron chi connectivity index (χ4n) is 2.43. The minimum Gasteiger partial charge on any atom is -0.497 e. The number of aryl methyl sites for hydroxylation is 2. The van der Waals surface area contributed by atoms with Crippen LogP contribution in [0.3, 0.4) is 0 Å². The molecule has 24 heavy (non-hydrogen) atoms. The molecule has 0 unspecified atom stereocenters. The van der Waals surface area contributed by atoms with Gasteiger partial charge in [-0.2, -0.15) is 0 Å². The van der Waals surface area contributed by atoms with Crippen molar-refractivity contribution in [3.63, 3.8) is 0 Å². The van der Waals surface area contributed by atoms with Crippen molar-refractivity contribution in [3.8, 4) is 17.1 Å². The van der Waals surface area contributed by atoms with Crippen LogP contribution in [0.5, 0.6) is 5.75 Å². The number of ether oxygens (including phenoxy) is 1. The van der Waals surface area contributed by atoms with Crippen LogP contribution in [-0.2, 0) is 0 Å². The van der Waals surface area contributed by atoms with Gasteiger partial charge < -0.3 is 14.6 Å². The first-order valence-electron chi connectivity index (χ1n) is 7.57. The number of carbonyl (C=O) groups excluding carboxylic acids is 1. The maximum atomic E-state index is 12.7. The number of carbonyl (C=O) groups is 1. The molecule has 0 aliphatic heterocycles. The SMILES string of the molecule is COc1cccc(NC(=O)c2c(C)noc2-c2ccc(C)cc2)c1. The first kappa shape index (κ1) is 15.8. The van der Waals surface area contributed by atoms with E-state index in [1.807, 2.05) is 43.3 Å². The van der Waals surface area contributed by atoms with Gasteiger partial charge in [0.1, 0.15) is 11.3 Å². The number of hydrogen-bond donors (Lipinski definition) is 1. The molecule has 1 aromatic heterocycles. The molecule has 2 aromatic carbocycles. The van der Waals surface area contributed by atoms with Crippen molar-refractivity contribution in [1.82, 2.24) is 5.16 Å². The standard InChI is InChI=1S/C19H18N2O3/c1-12-7-9-14(10-8-12)18-17(13(2)21-24-18)19(22)20-15-5-4-6-16(11-15)23-3/h4-11H,1-3H3,(H,20,22). The molecule has 0 saturated carbocycles. The number of nitrogens with one attached hydrogen (secondary N) is 1. The molecule has 0 saturated heterocycles. The Morgan fingerprint density at radius 3 is 2.58 bits per heavy atom. The van der Waals surface area contributed by atoms with Crippen LogP contribution in [-0.4, -0.2) is 18.2 Å². The fourth-order valence-corrected chi connectivity index (χ4v) is 2.43. The highest BCUT2D eigenvalue weighted by atomic mass is 16.5. The van der Waals surface area contributed by atoms with Crippen LogP contribution in [0.15, 0.2) is 53.1 Å². The highest BCUT2D eigenvalue weighted by Crippen LogP contribution is 2.27. The lowest BCUT2D eigenvalue weighted by Gasteiger charge is -2.07. The quantitative estimate of drug-likeness (QED) is 0.781. The molecular weight excluding hydrogens is 304 g/mol. The van der Waals surface area contributed by atoms with Gasteiger partial charge in [-0.3, -0.25) is 4.79 Å². The van der Waals surface area contributed by atoms with E-state index < -0.39 is 0 Å². The third kappa shape index (κ3) is 3.15. The maximum Gasteiger partial charge on any atom is 0.261 e. The molecule has 3 rings (SSSR count). The Bertz CT molecular complexity index is 867. The van der Waals surface area contributed by atoms with E-state index in [2.05, 4.69) is 10.5 Å². The van der Waals surface area contributed by atoms with Crippen LogP contribution in [0, 0.1) is 13.8 Å². The fraction of sp³-hybridized carbons (Fsp3) is 0.158. The summed E-state index contributed by atoms with van der Waals surface area (Å²) in [4.78, 5) is 12.7. The Balaban J connectivity index is 1.92. The third-order valence-corrected chi connectivity index (χ3v) is 3.73. The number of aromatic nitrogens is 1. The molecule has 0 atom stereocenters. The van der Waals surface area contributed by atoms with Gasteiger partial charge in [-0.1, -0.05) is 41.1 Å². The zero-order valence-electron chi connectivity index (χ0n) is 13.8. The second kappa shape index (κ2) is 6.58. The molecule has 0 aliphatic carbocycles. The van der Waals surface area contributed by atoms with Gasteiger partial charge in [-0.15, -0.1) is 0 Å². The van der Waals surface area contributed by atoms with Gasteiger partial charge in [0.15, 0.2) is 5.76 Å². The summed E-state index contributed by atoms with van der Waals surface area (Å²) in [6.07, 6.45) is 0. The number of benzene rings is 2. The molecule has 0 bridgehead atoms. The molecule has 5 nitrogen and oxygen atoms in total. The number of hydrogen-bond acceptors (Lipinski definition) is 4. The van der Waals surface area contributed by atoms with Gasteiger partial charge >= 0.3 is 0 Å². The number of anilines is 1. The van der Waals surface area contributed by atoms with Gasteiger partial charge in [0.2, 0.25) is 0 Å². The second-order valence-electron chi connectivity index (χ2n) is 5.52. The highest BCUT2D eigenvalue weighted by Gasteiger charge is 2.22. The maximum absolute atomic E-state index is 12.7. The zero-order chi connectivity index (χ0) is 17.1. The highest BCUT2D eigenvalue weighted by molar-refractivity contribution is 6.08. The van der Waals surface area contributed by atoms with E-state index in [0.29, 0.717) is 28.5 Å². The van der Waals surface area contributed by atoms with Crippen molar-refractivity contribution < 1.29 is 14.1 Å². The minimum atomic E-state index is -0.266. The molecule has 1 amide bonds. The normalized spacial score (nSPS) is 10.5.